The lowest BCUT2D eigenvalue weighted by Crippen LogP contribution is -2.44. The van der Waals surface area contributed by atoms with Crippen molar-refractivity contribution in [2.45, 2.75) is 57.9 Å². The lowest BCUT2D eigenvalue weighted by Gasteiger charge is -2.29. The first-order valence-electron chi connectivity index (χ1n) is 7.32. The Morgan fingerprint density at radius 3 is 2.68 bits per heavy atom. The van der Waals surface area contributed by atoms with Crippen molar-refractivity contribution in [3.8, 4) is 0 Å². The number of hydrogen-bond donors (Lipinski definition) is 3. The van der Waals surface area contributed by atoms with Gasteiger partial charge in [0.2, 0.25) is 5.91 Å². The van der Waals surface area contributed by atoms with Crippen LogP contribution in [0.15, 0.2) is 0 Å². The fourth-order valence-corrected chi connectivity index (χ4v) is 2.70. The highest BCUT2D eigenvalue weighted by molar-refractivity contribution is 5.81. The Hall–Kier alpha value is -1.10. The molecule has 1 fully saturated rings. The van der Waals surface area contributed by atoms with Crippen molar-refractivity contribution in [2.75, 3.05) is 6.54 Å². The molecule has 0 aromatic rings. The molecule has 19 heavy (non-hydrogen) atoms. The van der Waals surface area contributed by atoms with E-state index in [1.165, 1.54) is 0 Å². The number of rotatable bonds is 7. The Balaban J connectivity index is 2.37. The summed E-state index contributed by atoms with van der Waals surface area (Å²) in [4.78, 5) is 22.9. The number of unbranched alkanes of at least 4 members (excludes halogenated alkanes) is 1. The van der Waals surface area contributed by atoms with E-state index in [9.17, 15) is 9.59 Å². The van der Waals surface area contributed by atoms with E-state index in [1.807, 2.05) is 0 Å². The Morgan fingerprint density at radius 2 is 2.05 bits per heavy atom. The summed E-state index contributed by atoms with van der Waals surface area (Å²) >= 11 is 0. The molecule has 0 aromatic heterocycles. The molecular formula is C14H26N2O3. The van der Waals surface area contributed by atoms with Gasteiger partial charge in [-0.15, -0.1) is 0 Å². The first-order chi connectivity index (χ1) is 9.06. The van der Waals surface area contributed by atoms with Gasteiger partial charge in [0.25, 0.3) is 0 Å². The van der Waals surface area contributed by atoms with Crippen LogP contribution in [0.1, 0.15) is 51.9 Å². The van der Waals surface area contributed by atoms with Crippen LogP contribution in [0, 0.1) is 11.8 Å². The molecule has 1 rings (SSSR count). The van der Waals surface area contributed by atoms with Gasteiger partial charge >= 0.3 is 5.97 Å². The maximum atomic E-state index is 11.8. The van der Waals surface area contributed by atoms with Crippen LogP contribution in [0.2, 0.25) is 0 Å². The largest absolute Gasteiger partial charge is 0.481 e. The highest BCUT2D eigenvalue weighted by atomic mass is 16.4. The summed E-state index contributed by atoms with van der Waals surface area (Å²) in [5, 5.41) is 12.0. The summed E-state index contributed by atoms with van der Waals surface area (Å²) in [6.07, 6.45) is 6.26. The molecule has 110 valence electrons. The lowest BCUT2D eigenvalue weighted by atomic mass is 9.79. The fraction of sp³-hybridized carbons (Fsp3) is 0.857. The predicted octanol–water partition coefficient (Wildman–Crippen LogP) is 1.51. The summed E-state index contributed by atoms with van der Waals surface area (Å²) in [5.41, 5.74) is 5.78. The Morgan fingerprint density at radius 1 is 1.37 bits per heavy atom. The zero-order valence-electron chi connectivity index (χ0n) is 11.7. The van der Waals surface area contributed by atoms with E-state index in [4.69, 9.17) is 10.8 Å². The highest BCUT2D eigenvalue weighted by Gasteiger charge is 2.31. The Bertz CT molecular complexity index is 307. The number of carbonyl (C=O) groups excluding carboxylic acids is 1. The number of aliphatic carboxylic acids is 1. The molecule has 1 aliphatic carbocycles. The van der Waals surface area contributed by atoms with Crippen LogP contribution in [-0.4, -0.2) is 29.6 Å². The molecule has 1 amide bonds. The average Bonchev–Trinajstić information content (AvgIpc) is 2.42. The number of hydrogen-bond acceptors (Lipinski definition) is 3. The third kappa shape index (κ3) is 5.19. The molecule has 5 nitrogen and oxygen atoms in total. The number of carbonyl (C=O) groups is 2. The molecule has 1 saturated carbocycles. The second kappa shape index (κ2) is 8.15. The van der Waals surface area contributed by atoms with Crippen LogP contribution in [0.5, 0.6) is 0 Å². The maximum absolute atomic E-state index is 11.8. The summed E-state index contributed by atoms with van der Waals surface area (Å²) in [5.74, 6) is -1.16. The molecule has 4 N–H and O–H groups in total. The Kier molecular flexibility index (Phi) is 6.84. The van der Waals surface area contributed by atoms with Gasteiger partial charge in [-0.05, 0) is 25.2 Å². The third-order valence-corrected chi connectivity index (χ3v) is 3.97. The van der Waals surface area contributed by atoms with Gasteiger partial charge in [0.05, 0.1) is 12.0 Å². The summed E-state index contributed by atoms with van der Waals surface area (Å²) in [6.45, 7) is 2.50. The highest BCUT2D eigenvalue weighted by Crippen LogP contribution is 2.29. The molecule has 5 heteroatoms. The molecule has 3 atom stereocenters. The van der Waals surface area contributed by atoms with Crippen LogP contribution < -0.4 is 11.1 Å². The van der Waals surface area contributed by atoms with Crippen molar-refractivity contribution in [1.29, 1.82) is 0 Å². The van der Waals surface area contributed by atoms with E-state index in [0.717, 1.165) is 38.5 Å². The Labute approximate surface area is 114 Å². The number of carboxylic acid groups (broad SMARTS) is 1. The van der Waals surface area contributed by atoms with Crippen LogP contribution in [0.3, 0.4) is 0 Å². The molecule has 0 saturated heterocycles. The van der Waals surface area contributed by atoms with Gasteiger partial charge in [0.1, 0.15) is 0 Å². The van der Waals surface area contributed by atoms with Crippen molar-refractivity contribution in [3.63, 3.8) is 0 Å². The summed E-state index contributed by atoms with van der Waals surface area (Å²) < 4.78 is 0. The van der Waals surface area contributed by atoms with Crippen molar-refractivity contribution in [1.82, 2.24) is 5.32 Å². The van der Waals surface area contributed by atoms with Crippen molar-refractivity contribution in [2.24, 2.45) is 17.6 Å². The summed E-state index contributed by atoms with van der Waals surface area (Å²) in [6, 6.07) is -0.466. The van der Waals surface area contributed by atoms with Crippen molar-refractivity contribution >= 4 is 11.9 Å². The standard InChI is InChI=1S/C14H26N2O3/c1-2-3-8-12(15)13(17)16-9-10-6-4-5-7-11(10)14(18)19/h10-12H,2-9,15H2,1H3,(H,16,17)(H,18,19). The van der Waals surface area contributed by atoms with Gasteiger partial charge < -0.3 is 16.2 Å². The molecular weight excluding hydrogens is 244 g/mol. The molecule has 0 heterocycles. The molecule has 0 radical (unpaired) electrons. The van der Waals surface area contributed by atoms with Crippen LogP contribution in [0.4, 0.5) is 0 Å². The lowest BCUT2D eigenvalue weighted by molar-refractivity contribution is -0.145. The number of nitrogens with two attached hydrogens (primary N) is 1. The van der Waals surface area contributed by atoms with Crippen LogP contribution in [-0.2, 0) is 9.59 Å². The number of carboxylic acids is 1. The first kappa shape index (κ1) is 16.0. The van der Waals surface area contributed by atoms with Gasteiger partial charge in [0.15, 0.2) is 0 Å². The fourth-order valence-electron chi connectivity index (χ4n) is 2.70. The van der Waals surface area contributed by atoms with E-state index in [-0.39, 0.29) is 17.7 Å². The van der Waals surface area contributed by atoms with Crippen molar-refractivity contribution in [3.05, 3.63) is 0 Å². The molecule has 0 aromatic carbocycles. The minimum atomic E-state index is -0.741. The second-order valence-electron chi connectivity index (χ2n) is 5.48. The van der Waals surface area contributed by atoms with Gasteiger partial charge in [-0.1, -0.05) is 32.6 Å². The van der Waals surface area contributed by atoms with E-state index in [0.29, 0.717) is 13.0 Å². The molecule has 3 unspecified atom stereocenters. The number of amides is 1. The van der Waals surface area contributed by atoms with E-state index in [1.54, 1.807) is 0 Å². The SMILES string of the molecule is CCCCC(N)C(=O)NCC1CCCCC1C(=O)O. The zero-order chi connectivity index (χ0) is 14.3. The topological polar surface area (TPSA) is 92.4 Å². The van der Waals surface area contributed by atoms with Crippen LogP contribution in [0.25, 0.3) is 0 Å². The number of nitrogens with one attached hydrogen (secondary N) is 1. The average molecular weight is 270 g/mol. The molecule has 0 spiro atoms. The molecule has 0 bridgehead atoms. The van der Waals surface area contributed by atoms with Crippen LogP contribution >= 0.6 is 0 Å². The molecule has 1 aliphatic rings. The minimum Gasteiger partial charge on any atom is -0.481 e. The normalized spacial score (nSPS) is 24.7. The zero-order valence-corrected chi connectivity index (χ0v) is 11.7. The smallest absolute Gasteiger partial charge is 0.306 e. The van der Waals surface area contributed by atoms with Crippen molar-refractivity contribution < 1.29 is 14.7 Å². The maximum Gasteiger partial charge on any atom is 0.306 e. The van der Waals surface area contributed by atoms with Gasteiger partial charge in [-0.25, -0.2) is 0 Å². The molecule has 0 aliphatic heterocycles. The van der Waals surface area contributed by atoms with Gasteiger partial charge in [-0.2, -0.15) is 0 Å². The summed E-state index contributed by atoms with van der Waals surface area (Å²) in [7, 11) is 0. The van der Waals surface area contributed by atoms with E-state index >= 15 is 0 Å². The van der Waals surface area contributed by atoms with E-state index in [2.05, 4.69) is 12.2 Å². The van der Waals surface area contributed by atoms with E-state index < -0.39 is 12.0 Å². The van der Waals surface area contributed by atoms with Gasteiger partial charge in [0, 0.05) is 6.54 Å². The second-order valence-corrected chi connectivity index (χ2v) is 5.48. The predicted molar refractivity (Wildman–Crippen MR) is 73.6 cm³/mol. The van der Waals surface area contributed by atoms with Gasteiger partial charge in [-0.3, -0.25) is 9.59 Å². The monoisotopic (exact) mass is 270 g/mol. The quantitative estimate of drug-likeness (QED) is 0.654. The first-order valence-corrected chi connectivity index (χ1v) is 7.32. The minimum absolute atomic E-state index is 0.0496. The third-order valence-electron chi connectivity index (χ3n) is 3.97.